The summed E-state index contributed by atoms with van der Waals surface area (Å²) < 4.78 is 13.8. The Bertz CT molecular complexity index is 618. The second-order valence-electron chi connectivity index (χ2n) is 5.49. The number of alkyl halides is 1. The van der Waals surface area contributed by atoms with Crippen LogP contribution in [-0.4, -0.2) is 58.1 Å². The number of aromatic amines is 1. The number of hydrogen-bond donors (Lipinski definition) is 1. The molecular formula is C15H18FN5O. The predicted octanol–water partition coefficient (Wildman–Crippen LogP) is 1.49. The molecule has 3 rings (SSSR count). The van der Waals surface area contributed by atoms with Crippen LogP contribution in [0.4, 0.5) is 10.2 Å². The Balaban J connectivity index is 1.71. The van der Waals surface area contributed by atoms with Gasteiger partial charge in [0.25, 0.3) is 5.91 Å². The minimum Gasteiger partial charge on any atom is -0.367 e. The fraction of sp³-hybridized carbons (Fsp3) is 0.400. The highest BCUT2D eigenvalue weighted by Crippen LogP contribution is 2.26. The molecule has 116 valence electrons. The van der Waals surface area contributed by atoms with E-state index in [-0.39, 0.29) is 11.9 Å². The number of aromatic nitrogens is 3. The maximum absolute atomic E-state index is 13.8. The lowest BCUT2D eigenvalue weighted by molar-refractivity contribution is 0.0786. The lowest BCUT2D eigenvalue weighted by Gasteiger charge is -2.29. The van der Waals surface area contributed by atoms with Gasteiger partial charge in [0.15, 0.2) is 0 Å². The molecule has 2 aromatic heterocycles. The van der Waals surface area contributed by atoms with Crippen LogP contribution in [0.15, 0.2) is 37.1 Å². The molecule has 0 unspecified atom stereocenters. The van der Waals surface area contributed by atoms with Gasteiger partial charge in [-0.15, -0.1) is 0 Å². The number of carbonyl (C=O) groups excluding carboxylic acids is 1. The first-order valence-electron chi connectivity index (χ1n) is 7.20. The van der Waals surface area contributed by atoms with E-state index in [2.05, 4.69) is 15.0 Å². The highest BCUT2D eigenvalue weighted by atomic mass is 19.1. The molecule has 6 nitrogen and oxygen atoms in total. The molecule has 0 radical (unpaired) electrons. The van der Waals surface area contributed by atoms with Crippen LogP contribution >= 0.6 is 0 Å². The summed E-state index contributed by atoms with van der Waals surface area (Å²) in [7, 11) is 1.74. The van der Waals surface area contributed by atoms with Crippen molar-refractivity contribution >= 4 is 11.7 Å². The fourth-order valence-corrected chi connectivity index (χ4v) is 2.84. The van der Waals surface area contributed by atoms with Gasteiger partial charge in [-0.2, -0.15) is 0 Å². The number of nitrogens with one attached hydrogen (secondary N) is 1. The molecule has 0 spiro atoms. The maximum atomic E-state index is 13.8. The Morgan fingerprint density at radius 3 is 3.09 bits per heavy atom. The van der Waals surface area contributed by atoms with Crippen LogP contribution in [0.3, 0.4) is 0 Å². The zero-order chi connectivity index (χ0) is 15.5. The van der Waals surface area contributed by atoms with Crippen molar-refractivity contribution in [2.24, 2.45) is 0 Å². The standard InChI is InChI=1S/C15H18FN5O/c1-20(15(22)11-2-4-17-7-11)9-13-6-12(16)8-21(13)14-3-5-18-10-19-14/h2-5,7,10,12-13,17H,6,8-9H2,1H3/t12-,13-/m0/s1. The lowest BCUT2D eigenvalue weighted by Crippen LogP contribution is -2.41. The van der Waals surface area contributed by atoms with Crippen molar-refractivity contribution in [1.29, 1.82) is 0 Å². The number of H-pyrrole nitrogens is 1. The average molecular weight is 303 g/mol. The molecule has 1 fully saturated rings. The number of rotatable bonds is 4. The Hall–Kier alpha value is -2.44. The van der Waals surface area contributed by atoms with Crippen LogP contribution in [0.25, 0.3) is 0 Å². The average Bonchev–Trinajstić information content (AvgIpc) is 3.17. The van der Waals surface area contributed by atoms with Crippen molar-refractivity contribution in [3.63, 3.8) is 0 Å². The zero-order valence-electron chi connectivity index (χ0n) is 12.3. The summed E-state index contributed by atoms with van der Waals surface area (Å²) in [5, 5.41) is 0. The number of carbonyl (C=O) groups is 1. The molecule has 0 saturated carbocycles. The quantitative estimate of drug-likeness (QED) is 0.929. The number of halogens is 1. The molecule has 7 heteroatoms. The third-order valence-corrected chi connectivity index (χ3v) is 3.90. The third-order valence-electron chi connectivity index (χ3n) is 3.90. The predicted molar refractivity (Wildman–Crippen MR) is 80.4 cm³/mol. The van der Waals surface area contributed by atoms with Gasteiger partial charge in [0, 0.05) is 38.6 Å². The van der Waals surface area contributed by atoms with Gasteiger partial charge in [0.05, 0.1) is 18.2 Å². The Kier molecular flexibility index (Phi) is 4.04. The minimum absolute atomic E-state index is 0.0776. The van der Waals surface area contributed by atoms with Crippen LogP contribution in [-0.2, 0) is 0 Å². The van der Waals surface area contributed by atoms with Gasteiger partial charge in [-0.25, -0.2) is 14.4 Å². The van der Waals surface area contributed by atoms with Gasteiger partial charge in [0.2, 0.25) is 0 Å². The summed E-state index contributed by atoms with van der Waals surface area (Å²) in [5.41, 5.74) is 0.603. The van der Waals surface area contributed by atoms with E-state index < -0.39 is 6.17 Å². The molecule has 0 aliphatic carbocycles. The number of hydrogen-bond acceptors (Lipinski definition) is 4. The molecule has 3 heterocycles. The van der Waals surface area contributed by atoms with E-state index in [1.165, 1.54) is 6.33 Å². The van der Waals surface area contributed by atoms with Crippen molar-refractivity contribution in [3.8, 4) is 0 Å². The van der Waals surface area contributed by atoms with Crippen LogP contribution < -0.4 is 4.90 Å². The first-order valence-corrected chi connectivity index (χ1v) is 7.20. The van der Waals surface area contributed by atoms with E-state index in [1.54, 1.807) is 42.7 Å². The van der Waals surface area contributed by atoms with Crippen LogP contribution in [0.2, 0.25) is 0 Å². The van der Waals surface area contributed by atoms with E-state index in [1.807, 2.05) is 4.90 Å². The van der Waals surface area contributed by atoms with Gasteiger partial charge >= 0.3 is 0 Å². The van der Waals surface area contributed by atoms with Gasteiger partial charge in [0.1, 0.15) is 18.3 Å². The second kappa shape index (κ2) is 6.13. The Labute approximate surface area is 128 Å². The van der Waals surface area contributed by atoms with Gasteiger partial charge in [-0.3, -0.25) is 4.79 Å². The third kappa shape index (κ3) is 2.93. The molecular weight excluding hydrogens is 285 g/mol. The molecule has 2 atom stereocenters. The van der Waals surface area contributed by atoms with Crippen LogP contribution in [0.1, 0.15) is 16.8 Å². The highest BCUT2D eigenvalue weighted by Gasteiger charge is 2.34. The number of anilines is 1. The molecule has 0 aromatic carbocycles. The second-order valence-corrected chi connectivity index (χ2v) is 5.49. The smallest absolute Gasteiger partial charge is 0.255 e. The van der Waals surface area contributed by atoms with E-state index in [0.29, 0.717) is 30.9 Å². The van der Waals surface area contributed by atoms with Crippen LogP contribution in [0, 0.1) is 0 Å². The van der Waals surface area contributed by atoms with Crippen molar-refractivity contribution in [2.45, 2.75) is 18.6 Å². The van der Waals surface area contributed by atoms with Crippen molar-refractivity contribution in [1.82, 2.24) is 19.9 Å². The minimum atomic E-state index is -0.907. The number of nitrogens with zero attached hydrogens (tertiary/aromatic N) is 4. The first kappa shape index (κ1) is 14.5. The summed E-state index contributed by atoms with van der Waals surface area (Å²) in [6.45, 7) is 0.752. The number of amides is 1. The summed E-state index contributed by atoms with van der Waals surface area (Å²) in [5.74, 6) is 0.619. The molecule has 1 aliphatic rings. The monoisotopic (exact) mass is 303 g/mol. The van der Waals surface area contributed by atoms with Gasteiger partial charge < -0.3 is 14.8 Å². The summed E-state index contributed by atoms with van der Waals surface area (Å²) >= 11 is 0. The van der Waals surface area contributed by atoms with Crippen molar-refractivity contribution < 1.29 is 9.18 Å². The SMILES string of the molecule is CN(C[C@@H]1C[C@H](F)CN1c1ccncn1)C(=O)c1cc[nH]c1. The fourth-order valence-electron chi connectivity index (χ4n) is 2.84. The van der Waals surface area contributed by atoms with Gasteiger partial charge in [-0.05, 0) is 12.1 Å². The molecule has 0 bridgehead atoms. The van der Waals surface area contributed by atoms with Crippen molar-refractivity contribution in [2.75, 3.05) is 25.0 Å². The van der Waals surface area contributed by atoms with E-state index in [4.69, 9.17) is 0 Å². The Morgan fingerprint density at radius 2 is 2.41 bits per heavy atom. The molecule has 1 saturated heterocycles. The number of likely N-dealkylation sites (N-methyl/N-ethyl adjacent to an activating group) is 1. The topological polar surface area (TPSA) is 65.1 Å². The zero-order valence-corrected chi connectivity index (χ0v) is 12.3. The molecule has 22 heavy (non-hydrogen) atoms. The lowest BCUT2D eigenvalue weighted by atomic mass is 10.2. The molecule has 1 aliphatic heterocycles. The van der Waals surface area contributed by atoms with Crippen LogP contribution in [0.5, 0.6) is 0 Å². The summed E-state index contributed by atoms with van der Waals surface area (Å²) in [6, 6.07) is 3.41. The first-order chi connectivity index (χ1) is 10.6. The molecule has 1 N–H and O–H groups in total. The summed E-state index contributed by atoms with van der Waals surface area (Å²) in [4.78, 5) is 26.8. The largest absolute Gasteiger partial charge is 0.367 e. The molecule has 1 amide bonds. The summed E-state index contributed by atoms with van der Waals surface area (Å²) in [6.07, 6.45) is 5.95. The maximum Gasteiger partial charge on any atom is 0.255 e. The van der Waals surface area contributed by atoms with E-state index in [9.17, 15) is 9.18 Å². The highest BCUT2D eigenvalue weighted by molar-refractivity contribution is 5.93. The molecule has 2 aromatic rings. The normalized spacial score (nSPS) is 21.1. The van der Waals surface area contributed by atoms with Crippen molar-refractivity contribution in [3.05, 3.63) is 42.6 Å². The van der Waals surface area contributed by atoms with Gasteiger partial charge in [-0.1, -0.05) is 0 Å². The Morgan fingerprint density at radius 1 is 1.55 bits per heavy atom. The van der Waals surface area contributed by atoms with E-state index >= 15 is 0 Å². The van der Waals surface area contributed by atoms with E-state index in [0.717, 1.165) is 0 Å².